The quantitative estimate of drug-likeness (QED) is 0.411. The molecule has 0 bridgehead atoms. The van der Waals surface area contributed by atoms with Crippen molar-refractivity contribution in [2.45, 2.75) is 17.5 Å². The first kappa shape index (κ1) is 21.9. The highest BCUT2D eigenvalue weighted by Gasteiger charge is 2.20. The highest BCUT2D eigenvalue weighted by molar-refractivity contribution is 7.89. The fourth-order valence-electron chi connectivity index (χ4n) is 3.24. The van der Waals surface area contributed by atoms with Crippen molar-refractivity contribution >= 4 is 27.3 Å². The number of benzene rings is 2. The molecule has 0 radical (unpaired) electrons. The molecule has 2 aromatic heterocycles. The molecule has 0 saturated carbocycles. The maximum atomic E-state index is 13.1. The van der Waals surface area contributed by atoms with Gasteiger partial charge in [0.15, 0.2) is 0 Å². The van der Waals surface area contributed by atoms with Crippen LogP contribution in [-0.2, 0) is 16.6 Å². The summed E-state index contributed by atoms with van der Waals surface area (Å²) >= 11 is 1.47. The minimum Gasteiger partial charge on any atom is -0.341 e. The number of hydrogen-bond acceptors (Lipinski definition) is 5. The molecule has 0 spiro atoms. The summed E-state index contributed by atoms with van der Waals surface area (Å²) in [4.78, 5) is 18.1. The van der Waals surface area contributed by atoms with Crippen LogP contribution in [0.4, 0.5) is 0 Å². The molecule has 32 heavy (non-hydrogen) atoms. The molecule has 2 N–H and O–H groups in total. The maximum Gasteiger partial charge on any atom is 0.252 e. The first-order valence-corrected chi connectivity index (χ1v) is 12.3. The fourth-order valence-corrected chi connectivity index (χ4v) is 5.03. The van der Waals surface area contributed by atoms with Crippen LogP contribution in [0.3, 0.4) is 0 Å². The molecule has 0 aliphatic heterocycles. The van der Waals surface area contributed by atoms with E-state index in [0.717, 1.165) is 16.0 Å². The second kappa shape index (κ2) is 9.86. The predicted molar refractivity (Wildman–Crippen MR) is 125 cm³/mol. The van der Waals surface area contributed by atoms with E-state index in [1.54, 1.807) is 24.5 Å². The third-order valence-electron chi connectivity index (χ3n) is 4.87. The minimum atomic E-state index is -3.76. The van der Waals surface area contributed by atoms with E-state index in [0.29, 0.717) is 0 Å². The van der Waals surface area contributed by atoms with E-state index < -0.39 is 16.1 Å². The summed E-state index contributed by atoms with van der Waals surface area (Å²) in [6, 6.07) is 22.6. The standard InChI is InChI=1S/C24H21N3O3S2/c28-24(27-23(18-6-2-1-3-7-18)19-11-13-25-14-12-19)20-8-4-10-22(16-20)32(29,30)26-17-21-9-5-15-31-21/h1-16,23,26H,17H2,(H,27,28). The smallest absolute Gasteiger partial charge is 0.252 e. The molecule has 2 heterocycles. The summed E-state index contributed by atoms with van der Waals surface area (Å²) < 4.78 is 28.0. The van der Waals surface area contributed by atoms with E-state index >= 15 is 0 Å². The van der Waals surface area contributed by atoms with Gasteiger partial charge in [-0.25, -0.2) is 13.1 Å². The second-order valence-electron chi connectivity index (χ2n) is 7.03. The number of hydrogen-bond donors (Lipinski definition) is 2. The Balaban J connectivity index is 1.56. The molecule has 1 unspecified atom stereocenters. The molecule has 6 nitrogen and oxygen atoms in total. The van der Waals surface area contributed by atoms with Crippen LogP contribution in [0.25, 0.3) is 0 Å². The number of aromatic nitrogens is 1. The Morgan fingerprint density at radius 1 is 0.906 bits per heavy atom. The van der Waals surface area contributed by atoms with Crippen molar-refractivity contribution in [2.24, 2.45) is 0 Å². The van der Waals surface area contributed by atoms with Crippen LogP contribution in [-0.4, -0.2) is 19.3 Å². The zero-order valence-corrected chi connectivity index (χ0v) is 18.6. The molecular formula is C24H21N3O3S2. The van der Waals surface area contributed by atoms with Gasteiger partial charge in [-0.1, -0.05) is 42.5 Å². The van der Waals surface area contributed by atoms with Crippen LogP contribution in [0.15, 0.2) is 102 Å². The lowest BCUT2D eigenvalue weighted by molar-refractivity contribution is 0.0942. The van der Waals surface area contributed by atoms with Gasteiger partial charge in [0.1, 0.15) is 0 Å². The average molecular weight is 464 g/mol. The lowest BCUT2D eigenvalue weighted by Gasteiger charge is -2.20. The molecular weight excluding hydrogens is 442 g/mol. The number of nitrogens with zero attached hydrogens (tertiary/aromatic N) is 1. The van der Waals surface area contributed by atoms with Gasteiger partial charge in [-0.2, -0.15) is 0 Å². The van der Waals surface area contributed by atoms with E-state index in [1.165, 1.54) is 23.5 Å². The normalized spacial score (nSPS) is 12.2. The Kier molecular flexibility index (Phi) is 6.75. The van der Waals surface area contributed by atoms with Crippen LogP contribution in [0.5, 0.6) is 0 Å². The van der Waals surface area contributed by atoms with Crippen LogP contribution < -0.4 is 10.0 Å². The zero-order valence-electron chi connectivity index (χ0n) is 17.0. The number of thiophene rings is 1. The molecule has 8 heteroatoms. The largest absolute Gasteiger partial charge is 0.341 e. The fraction of sp³-hybridized carbons (Fsp3) is 0.0833. The van der Waals surface area contributed by atoms with Crippen LogP contribution in [0.1, 0.15) is 32.4 Å². The van der Waals surface area contributed by atoms with E-state index in [4.69, 9.17) is 0 Å². The van der Waals surface area contributed by atoms with Crippen molar-refractivity contribution in [3.05, 3.63) is 118 Å². The zero-order chi connectivity index (χ0) is 22.4. The molecule has 0 fully saturated rings. The lowest BCUT2D eigenvalue weighted by Crippen LogP contribution is -2.30. The number of carbonyl (C=O) groups is 1. The van der Waals surface area contributed by atoms with Gasteiger partial charge in [-0.3, -0.25) is 9.78 Å². The molecule has 1 amide bonds. The van der Waals surface area contributed by atoms with Gasteiger partial charge in [-0.15, -0.1) is 11.3 Å². The SMILES string of the molecule is O=C(NC(c1ccccc1)c1ccncc1)c1cccc(S(=O)(=O)NCc2cccs2)c1. The highest BCUT2D eigenvalue weighted by Crippen LogP contribution is 2.22. The summed E-state index contributed by atoms with van der Waals surface area (Å²) in [6.07, 6.45) is 3.34. The number of nitrogens with one attached hydrogen (secondary N) is 2. The second-order valence-corrected chi connectivity index (χ2v) is 9.83. The third kappa shape index (κ3) is 5.28. The number of carbonyl (C=O) groups excluding carboxylic acids is 1. The highest BCUT2D eigenvalue weighted by atomic mass is 32.2. The van der Waals surface area contributed by atoms with Gasteiger partial charge < -0.3 is 5.32 Å². The molecule has 0 aliphatic carbocycles. The van der Waals surface area contributed by atoms with Gasteiger partial charge in [-0.05, 0) is 52.9 Å². The number of rotatable bonds is 8. The molecule has 2 aromatic carbocycles. The summed E-state index contributed by atoms with van der Waals surface area (Å²) in [6.45, 7) is 0.203. The number of sulfonamides is 1. The predicted octanol–water partition coefficient (Wildman–Crippen LogP) is 4.14. The van der Waals surface area contributed by atoms with Gasteiger partial charge >= 0.3 is 0 Å². The Hall–Kier alpha value is -3.33. The molecule has 162 valence electrons. The van der Waals surface area contributed by atoms with E-state index in [9.17, 15) is 13.2 Å². The van der Waals surface area contributed by atoms with E-state index in [1.807, 2.05) is 60.0 Å². The first-order valence-electron chi connectivity index (χ1n) is 9.91. The third-order valence-corrected chi connectivity index (χ3v) is 7.15. The van der Waals surface area contributed by atoms with Crippen molar-refractivity contribution in [2.75, 3.05) is 0 Å². The van der Waals surface area contributed by atoms with Crippen LogP contribution in [0, 0.1) is 0 Å². The molecule has 1 atom stereocenters. The number of pyridine rings is 1. The lowest BCUT2D eigenvalue weighted by atomic mass is 9.99. The van der Waals surface area contributed by atoms with Gasteiger partial charge in [0.25, 0.3) is 5.91 Å². The van der Waals surface area contributed by atoms with Crippen molar-refractivity contribution in [3.8, 4) is 0 Å². The topological polar surface area (TPSA) is 88.2 Å². The molecule has 0 aliphatic rings. The number of amides is 1. The van der Waals surface area contributed by atoms with Crippen molar-refractivity contribution in [3.63, 3.8) is 0 Å². The average Bonchev–Trinajstić information content (AvgIpc) is 3.36. The van der Waals surface area contributed by atoms with Gasteiger partial charge in [0.05, 0.1) is 10.9 Å². The Bertz CT molecular complexity index is 1240. The van der Waals surface area contributed by atoms with Crippen LogP contribution in [0.2, 0.25) is 0 Å². The summed E-state index contributed by atoms with van der Waals surface area (Å²) in [7, 11) is -3.76. The van der Waals surface area contributed by atoms with Crippen molar-refractivity contribution in [1.82, 2.24) is 15.0 Å². The van der Waals surface area contributed by atoms with Crippen LogP contribution >= 0.6 is 11.3 Å². The molecule has 0 saturated heterocycles. The summed E-state index contributed by atoms with van der Waals surface area (Å²) in [5.74, 6) is -0.369. The molecule has 4 rings (SSSR count). The maximum absolute atomic E-state index is 13.1. The van der Waals surface area contributed by atoms with Gasteiger partial charge in [0, 0.05) is 29.4 Å². The summed E-state index contributed by atoms with van der Waals surface area (Å²) in [5, 5.41) is 4.91. The minimum absolute atomic E-state index is 0.0434. The Labute approximate surface area is 191 Å². The van der Waals surface area contributed by atoms with E-state index in [-0.39, 0.29) is 22.9 Å². The molecule has 4 aromatic rings. The van der Waals surface area contributed by atoms with Gasteiger partial charge in [0.2, 0.25) is 10.0 Å². The van der Waals surface area contributed by atoms with E-state index in [2.05, 4.69) is 15.0 Å². The monoisotopic (exact) mass is 463 g/mol. The van der Waals surface area contributed by atoms with Crippen molar-refractivity contribution in [1.29, 1.82) is 0 Å². The Morgan fingerprint density at radius 2 is 1.66 bits per heavy atom. The summed E-state index contributed by atoms with van der Waals surface area (Å²) in [5.41, 5.74) is 2.05. The van der Waals surface area contributed by atoms with Crippen molar-refractivity contribution < 1.29 is 13.2 Å². The Morgan fingerprint density at radius 3 is 2.38 bits per heavy atom. The first-order chi connectivity index (χ1) is 15.5.